The lowest BCUT2D eigenvalue weighted by molar-refractivity contribution is -0.140. The SMILES string of the molecule is Fc1ccc(C2CCCC(N3CCCC3)C2)cc1C(F)(F)F. The molecule has 0 bridgehead atoms. The minimum absolute atomic E-state index is 0.112. The van der Waals surface area contributed by atoms with E-state index in [1.165, 1.54) is 18.9 Å². The highest BCUT2D eigenvalue weighted by Crippen LogP contribution is 2.39. The largest absolute Gasteiger partial charge is 0.419 e. The Bertz CT molecular complexity index is 520. The van der Waals surface area contributed by atoms with Crippen molar-refractivity contribution >= 4 is 0 Å². The summed E-state index contributed by atoms with van der Waals surface area (Å²) >= 11 is 0. The van der Waals surface area contributed by atoms with E-state index in [2.05, 4.69) is 4.90 Å². The molecule has 3 rings (SSSR count). The fourth-order valence-corrected chi connectivity index (χ4v) is 3.92. The number of rotatable bonds is 2. The Morgan fingerprint density at radius 1 is 1.00 bits per heavy atom. The second-order valence-corrected chi connectivity index (χ2v) is 6.50. The minimum atomic E-state index is -4.62. The monoisotopic (exact) mass is 315 g/mol. The van der Waals surface area contributed by atoms with Crippen LogP contribution in [-0.4, -0.2) is 24.0 Å². The first-order valence-corrected chi connectivity index (χ1v) is 8.06. The summed E-state index contributed by atoms with van der Waals surface area (Å²) in [5.41, 5.74) is -0.495. The Kier molecular flexibility index (Phi) is 4.44. The maximum absolute atomic E-state index is 13.4. The molecule has 1 saturated heterocycles. The van der Waals surface area contributed by atoms with E-state index >= 15 is 0 Å². The Morgan fingerprint density at radius 2 is 1.73 bits per heavy atom. The van der Waals surface area contributed by atoms with E-state index in [-0.39, 0.29) is 5.92 Å². The molecule has 1 aliphatic heterocycles. The molecule has 0 amide bonds. The predicted molar refractivity (Wildman–Crippen MR) is 77.2 cm³/mol. The van der Waals surface area contributed by atoms with Crippen LogP contribution in [0.4, 0.5) is 17.6 Å². The van der Waals surface area contributed by atoms with Gasteiger partial charge in [0.05, 0.1) is 5.56 Å². The van der Waals surface area contributed by atoms with Crippen molar-refractivity contribution in [2.45, 2.75) is 56.7 Å². The number of halogens is 4. The van der Waals surface area contributed by atoms with E-state index in [0.717, 1.165) is 50.9 Å². The van der Waals surface area contributed by atoms with Gasteiger partial charge in [0.1, 0.15) is 5.82 Å². The highest BCUT2D eigenvalue weighted by molar-refractivity contribution is 5.30. The summed E-state index contributed by atoms with van der Waals surface area (Å²) in [5.74, 6) is -1.07. The van der Waals surface area contributed by atoms with Gasteiger partial charge in [-0.3, -0.25) is 0 Å². The third kappa shape index (κ3) is 3.29. The molecule has 0 radical (unpaired) electrons. The molecule has 1 heterocycles. The molecule has 0 aromatic heterocycles. The Balaban J connectivity index is 1.78. The van der Waals surface area contributed by atoms with Crippen molar-refractivity contribution in [2.75, 3.05) is 13.1 Å². The predicted octanol–water partition coefficient (Wildman–Crippen LogP) is 4.97. The maximum Gasteiger partial charge on any atom is 0.419 e. The van der Waals surface area contributed by atoms with Crippen LogP contribution in [0.1, 0.15) is 55.6 Å². The van der Waals surface area contributed by atoms with Gasteiger partial charge in [0.15, 0.2) is 0 Å². The van der Waals surface area contributed by atoms with Gasteiger partial charge in [-0.15, -0.1) is 0 Å². The molecule has 2 aliphatic rings. The molecular formula is C17H21F4N. The first kappa shape index (κ1) is 15.8. The summed E-state index contributed by atoms with van der Waals surface area (Å²) in [4.78, 5) is 2.47. The van der Waals surface area contributed by atoms with Gasteiger partial charge in [0.25, 0.3) is 0 Å². The quantitative estimate of drug-likeness (QED) is 0.697. The molecule has 1 saturated carbocycles. The highest BCUT2D eigenvalue weighted by Gasteiger charge is 2.35. The van der Waals surface area contributed by atoms with Crippen molar-refractivity contribution in [1.29, 1.82) is 0 Å². The van der Waals surface area contributed by atoms with Crippen LogP contribution in [0.5, 0.6) is 0 Å². The Labute approximate surface area is 128 Å². The fraction of sp³-hybridized carbons (Fsp3) is 0.647. The average Bonchev–Trinajstić information content (AvgIpc) is 3.01. The number of hydrogen-bond acceptors (Lipinski definition) is 1. The summed E-state index contributed by atoms with van der Waals surface area (Å²) in [5, 5.41) is 0. The summed E-state index contributed by atoms with van der Waals surface area (Å²) in [6.07, 6.45) is 1.76. The van der Waals surface area contributed by atoms with E-state index in [1.807, 2.05) is 0 Å². The van der Waals surface area contributed by atoms with Crippen LogP contribution in [-0.2, 0) is 6.18 Å². The van der Waals surface area contributed by atoms with Gasteiger partial charge in [-0.05, 0) is 68.8 Å². The van der Waals surface area contributed by atoms with Gasteiger partial charge >= 0.3 is 6.18 Å². The molecule has 0 spiro atoms. The second kappa shape index (κ2) is 6.19. The molecule has 2 atom stereocenters. The number of alkyl halides is 3. The van der Waals surface area contributed by atoms with Crippen molar-refractivity contribution in [1.82, 2.24) is 4.90 Å². The van der Waals surface area contributed by atoms with Gasteiger partial charge in [0, 0.05) is 6.04 Å². The van der Waals surface area contributed by atoms with Gasteiger partial charge in [-0.2, -0.15) is 13.2 Å². The number of nitrogens with zero attached hydrogens (tertiary/aromatic N) is 1. The summed E-state index contributed by atoms with van der Waals surface area (Å²) in [6.45, 7) is 2.21. The number of hydrogen-bond donors (Lipinski definition) is 0. The lowest BCUT2D eigenvalue weighted by Crippen LogP contribution is -2.36. The van der Waals surface area contributed by atoms with E-state index in [4.69, 9.17) is 0 Å². The normalized spacial score (nSPS) is 27.3. The molecule has 2 unspecified atom stereocenters. The lowest BCUT2D eigenvalue weighted by Gasteiger charge is -2.35. The maximum atomic E-state index is 13.4. The van der Waals surface area contributed by atoms with E-state index in [0.29, 0.717) is 11.6 Å². The van der Waals surface area contributed by atoms with Crippen LogP contribution in [0.15, 0.2) is 18.2 Å². The van der Waals surface area contributed by atoms with Crippen LogP contribution < -0.4 is 0 Å². The highest BCUT2D eigenvalue weighted by atomic mass is 19.4. The first-order valence-electron chi connectivity index (χ1n) is 8.06. The van der Waals surface area contributed by atoms with Gasteiger partial charge in [0.2, 0.25) is 0 Å². The molecule has 1 aliphatic carbocycles. The van der Waals surface area contributed by atoms with Crippen LogP contribution in [0.2, 0.25) is 0 Å². The Morgan fingerprint density at radius 3 is 2.41 bits per heavy atom. The summed E-state index contributed by atoms with van der Waals surface area (Å²) < 4.78 is 52.0. The third-order valence-electron chi connectivity index (χ3n) is 5.07. The molecule has 122 valence electrons. The zero-order valence-corrected chi connectivity index (χ0v) is 12.5. The third-order valence-corrected chi connectivity index (χ3v) is 5.07. The molecule has 0 N–H and O–H groups in total. The topological polar surface area (TPSA) is 3.24 Å². The van der Waals surface area contributed by atoms with Crippen LogP contribution in [0.25, 0.3) is 0 Å². The van der Waals surface area contributed by atoms with Crippen molar-refractivity contribution < 1.29 is 17.6 Å². The second-order valence-electron chi connectivity index (χ2n) is 6.50. The van der Waals surface area contributed by atoms with Crippen molar-refractivity contribution in [2.24, 2.45) is 0 Å². The molecule has 2 fully saturated rings. The van der Waals surface area contributed by atoms with Crippen LogP contribution in [0, 0.1) is 5.82 Å². The number of benzene rings is 1. The first-order chi connectivity index (χ1) is 10.4. The number of likely N-dealkylation sites (tertiary alicyclic amines) is 1. The van der Waals surface area contributed by atoms with Gasteiger partial charge in [-0.25, -0.2) is 4.39 Å². The standard InChI is InChI=1S/C17H21F4N/c18-16-7-6-13(11-15(16)17(19,20)21)12-4-3-5-14(10-12)22-8-1-2-9-22/h6-7,11-12,14H,1-5,8-10H2. The van der Waals surface area contributed by atoms with E-state index < -0.39 is 17.6 Å². The van der Waals surface area contributed by atoms with Crippen molar-refractivity contribution in [3.63, 3.8) is 0 Å². The van der Waals surface area contributed by atoms with Gasteiger partial charge < -0.3 is 4.90 Å². The molecule has 1 aromatic carbocycles. The molecule has 5 heteroatoms. The average molecular weight is 315 g/mol. The van der Waals surface area contributed by atoms with E-state index in [9.17, 15) is 17.6 Å². The van der Waals surface area contributed by atoms with Crippen molar-refractivity contribution in [3.05, 3.63) is 35.1 Å². The fourth-order valence-electron chi connectivity index (χ4n) is 3.92. The summed E-state index contributed by atoms with van der Waals surface area (Å²) in [7, 11) is 0. The summed E-state index contributed by atoms with van der Waals surface area (Å²) in [6, 6.07) is 3.99. The van der Waals surface area contributed by atoms with Crippen molar-refractivity contribution in [3.8, 4) is 0 Å². The zero-order valence-electron chi connectivity index (χ0n) is 12.5. The van der Waals surface area contributed by atoms with E-state index in [1.54, 1.807) is 0 Å². The zero-order chi connectivity index (χ0) is 15.7. The Hall–Kier alpha value is -1.10. The molecular weight excluding hydrogens is 294 g/mol. The smallest absolute Gasteiger partial charge is 0.300 e. The molecule has 22 heavy (non-hydrogen) atoms. The van der Waals surface area contributed by atoms with Crippen LogP contribution in [0.3, 0.4) is 0 Å². The lowest BCUT2D eigenvalue weighted by atomic mass is 9.80. The van der Waals surface area contributed by atoms with Gasteiger partial charge in [-0.1, -0.05) is 12.5 Å². The molecule has 1 nitrogen and oxygen atoms in total. The minimum Gasteiger partial charge on any atom is -0.300 e. The molecule has 1 aromatic rings. The van der Waals surface area contributed by atoms with Crippen LogP contribution >= 0.6 is 0 Å².